The summed E-state index contributed by atoms with van der Waals surface area (Å²) in [7, 11) is 0. The van der Waals surface area contributed by atoms with Gasteiger partial charge in [-0.3, -0.25) is 9.78 Å². The van der Waals surface area contributed by atoms with Crippen LogP contribution in [0, 0.1) is 6.92 Å². The SMILES string of the molecule is Cc1ccc(C(=O)NC2CCC(Oc3cccc4cnccc34)CC2)cc1OCCN. The van der Waals surface area contributed by atoms with Crippen molar-refractivity contribution >= 4 is 16.7 Å². The van der Waals surface area contributed by atoms with Gasteiger partial charge in [-0.05, 0) is 62.4 Å². The van der Waals surface area contributed by atoms with Crippen LogP contribution >= 0.6 is 0 Å². The van der Waals surface area contributed by atoms with Gasteiger partial charge in [-0.15, -0.1) is 0 Å². The standard InChI is InChI=1S/C25H29N3O3/c1-17-5-6-18(15-24(17)30-14-12-26)25(29)28-20-7-9-21(10-8-20)31-23-4-2-3-19-16-27-13-11-22(19)23/h2-6,11,13,15-16,20-21H,7-10,12,14,26H2,1H3,(H,28,29). The lowest BCUT2D eigenvalue weighted by molar-refractivity contribution is 0.0894. The van der Waals surface area contributed by atoms with Crippen molar-refractivity contribution in [3.8, 4) is 11.5 Å². The van der Waals surface area contributed by atoms with Crippen LogP contribution in [-0.4, -0.2) is 36.2 Å². The molecule has 4 rings (SSSR count). The number of benzene rings is 2. The summed E-state index contributed by atoms with van der Waals surface area (Å²) in [4.78, 5) is 16.9. The summed E-state index contributed by atoms with van der Waals surface area (Å²) in [6, 6.07) is 13.7. The lowest BCUT2D eigenvalue weighted by Gasteiger charge is -2.30. The second kappa shape index (κ2) is 9.79. The van der Waals surface area contributed by atoms with Crippen molar-refractivity contribution in [2.45, 2.75) is 44.8 Å². The molecule has 0 radical (unpaired) electrons. The van der Waals surface area contributed by atoms with Crippen LogP contribution in [-0.2, 0) is 0 Å². The van der Waals surface area contributed by atoms with Crippen LogP contribution in [0.4, 0.5) is 0 Å². The van der Waals surface area contributed by atoms with Gasteiger partial charge >= 0.3 is 0 Å². The third-order valence-electron chi connectivity index (χ3n) is 5.77. The monoisotopic (exact) mass is 419 g/mol. The second-order valence-electron chi connectivity index (χ2n) is 8.04. The van der Waals surface area contributed by atoms with Crippen LogP contribution in [0.1, 0.15) is 41.6 Å². The van der Waals surface area contributed by atoms with Gasteiger partial charge in [0.1, 0.15) is 18.1 Å². The van der Waals surface area contributed by atoms with Crippen LogP contribution in [0.2, 0.25) is 0 Å². The van der Waals surface area contributed by atoms with Crippen molar-refractivity contribution < 1.29 is 14.3 Å². The Morgan fingerprint density at radius 2 is 1.97 bits per heavy atom. The summed E-state index contributed by atoms with van der Waals surface area (Å²) in [5.74, 6) is 1.54. The minimum absolute atomic E-state index is 0.0662. The number of nitrogens with one attached hydrogen (secondary N) is 1. The first kappa shape index (κ1) is 21.1. The Labute approximate surface area is 182 Å². The lowest BCUT2D eigenvalue weighted by atomic mass is 9.92. The van der Waals surface area contributed by atoms with Gasteiger partial charge in [0.25, 0.3) is 5.91 Å². The molecular formula is C25H29N3O3. The zero-order valence-electron chi connectivity index (χ0n) is 17.8. The van der Waals surface area contributed by atoms with Crippen LogP contribution in [0.5, 0.6) is 11.5 Å². The summed E-state index contributed by atoms with van der Waals surface area (Å²) in [5, 5.41) is 5.33. The van der Waals surface area contributed by atoms with E-state index < -0.39 is 0 Å². The number of aromatic nitrogens is 1. The minimum atomic E-state index is -0.0662. The quantitative estimate of drug-likeness (QED) is 0.604. The van der Waals surface area contributed by atoms with Gasteiger partial charge in [0.05, 0.1) is 6.10 Å². The van der Waals surface area contributed by atoms with E-state index in [0.717, 1.165) is 47.8 Å². The maximum Gasteiger partial charge on any atom is 0.251 e. The van der Waals surface area contributed by atoms with Crippen LogP contribution in [0.25, 0.3) is 10.8 Å². The molecule has 31 heavy (non-hydrogen) atoms. The summed E-state index contributed by atoms with van der Waals surface area (Å²) in [6.07, 6.45) is 7.40. The third-order valence-corrected chi connectivity index (χ3v) is 5.77. The first-order valence-electron chi connectivity index (χ1n) is 10.9. The molecule has 0 unspecified atom stereocenters. The summed E-state index contributed by atoms with van der Waals surface area (Å²) < 4.78 is 11.9. The van der Waals surface area contributed by atoms with Gasteiger partial charge < -0.3 is 20.5 Å². The van der Waals surface area contributed by atoms with Gasteiger partial charge in [-0.25, -0.2) is 0 Å². The van der Waals surface area contributed by atoms with E-state index >= 15 is 0 Å². The molecule has 2 aromatic carbocycles. The Kier molecular flexibility index (Phi) is 6.67. The molecule has 1 aliphatic rings. The Morgan fingerprint density at radius 1 is 1.13 bits per heavy atom. The van der Waals surface area contributed by atoms with Gasteiger partial charge in [0.15, 0.2) is 0 Å². The van der Waals surface area contributed by atoms with Crippen LogP contribution in [0.3, 0.4) is 0 Å². The minimum Gasteiger partial charge on any atom is -0.492 e. The first-order valence-corrected chi connectivity index (χ1v) is 10.9. The number of nitrogens with zero attached hydrogens (tertiary/aromatic N) is 1. The zero-order chi connectivity index (χ0) is 21.6. The molecule has 1 aliphatic carbocycles. The number of carbonyl (C=O) groups excluding carboxylic acids is 1. The molecule has 6 heteroatoms. The lowest BCUT2D eigenvalue weighted by Crippen LogP contribution is -2.39. The number of aryl methyl sites for hydroxylation is 1. The molecule has 1 aromatic heterocycles. The maximum absolute atomic E-state index is 12.7. The molecule has 1 amide bonds. The van der Waals surface area contributed by atoms with E-state index in [1.165, 1.54) is 0 Å². The second-order valence-corrected chi connectivity index (χ2v) is 8.04. The Hall–Kier alpha value is -3.12. The van der Waals surface area contributed by atoms with Crippen molar-refractivity contribution in [1.29, 1.82) is 0 Å². The number of carbonyl (C=O) groups is 1. The van der Waals surface area contributed by atoms with Gasteiger partial charge in [-0.1, -0.05) is 18.2 Å². The van der Waals surface area contributed by atoms with Crippen LogP contribution in [0.15, 0.2) is 54.9 Å². The van der Waals surface area contributed by atoms with Gasteiger partial charge in [0.2, 0.25) is 0 Å². The van der Waals surface area contributed by atoms with Crippen molar-refractivity contribution in [2.24, 2.45) is 5.73 Å². The van der Waals surface area contributed by atoms with Crippen molar-refractivity contribution in [2.75, 3.05) is 13.2 Å². The molecule has 0 spiro atoms. The average molecular weight is 420 g/mol. The Balaban J connectivity index is 1.32. The fourth-order valence-corrected chi connectivity index (χ4v) is 4.03. The molecule has 162 valence electrons. The first-order chi connectivity index (χ1) is 15.1. The van der Waals surface area contributed by atoms with Gasteiger partial charge in [0, 0.05) is 41.3 Å². The van der Waals surface area contributed by atoms with E-state index in [1.807, 2.05) is 49.5 Å². The van der Waals surface area contributed by atoms with E-state index in [2.05, 4.69) is 10.3 Å². The number of hydrogen-bond donors (Lipinski definition) is 2. The molecule has 3 aromatic rings. The van der Waals surface area contributed by atoms with Crippen molar-refractivity contribution in [1.82, 2.24) is 10.3 Å². The summed E-state index contributed by atoms with van der Waals surface area (Å²) >= 11 is 0. The highest BCUT2D eigenvalue weighted by atomic mass is 16.5. The predicted molar refractivity (Wildman–Crippen MR) is 122 cm³/mol. The van der Waals surface area contributed by atoms with E-state index in [1.54, 1.807) is 12.3 Å². The van der Waals surface area contributed by atoms with E-state index in [-0.39, 0.29) is 18.1 Å². The number of amides is 1. The molecule has 0 atom stereocenters. The number of pyridine rings is 1. The number of rotatable bonds is 7. The highest BCUT2D eigenvalue weighted by molar-refractivity contribution is 5.95. The molecule has 0 saturated heterocycles. The smallest absolute Gasteiger partial charge is 0.251 e. The predicted octanol–water partition coefficient (Wildman–Crippen LogP) is 4.00. The summed E-state index contributed by atoms with van der Waals surface area (Å²) in [5.41, 5.74) is 7.12. The largest absolute Gasteiger partial charge is 0.492 e. The molecule has 1 saturated carbocycles. The molecule has 6 nitrogen and oxygen atoms in total. The Morgan fingerprint density at radius 3 is 2.77 bits per heavy atom. The van der Waals surface area contributed by atoms with E-state index in [4.69, 9.17) is 15.2 Å². The number of ether oxygens (including phenoxy) is 2. The van der Waals surface area contributed by atoms with E-state index in [0.29, 0.717) is 24.5 Å². The number of fused-ring (bicyclic) bond motifs is 1. The third kappa shape index (κ3) is 5.14. The average Bonchev–Trinajstić information content (AvgIpc) is 2.80. The molecule has 3 N–H and O–H groups in total. The molecular weight excluding hydrogens is 390 g/mol. The fourth-order valence-electron chi connectivity index (χ4n) is 4.03. The molecule has 0 bridgehead atoms. The van der Waals surface area contributed by atoms with Gasteiger partial charge in [-0.2, -0.15) is 0 Å². The van der Waals surface area contributed by atoms with Crippen molar-refractivity contribution in [3.05, 3.63) is 66.0 Å². The molecule has 1 fully saturated rings. The van der Waals surface area contributed by atoms with Crippen molar-refractivity contribution in [3.63, 3.8) is 0 Å². The van der Waals surface area contributed by atoms with Crippen LogP contribution < -0.4 is 20.5 Å². The Bertz CT molecular complexity index is 1040. The fraction of sp³-hybridized carbons (Fsp3) is 0.360. The topological polar surface area (TPSA) is 86.5 Å². The highest BCUT2D eigenvalue weighted by Crippen LogP contribution is 2.29. The molecule has 0 aliphatic heterocycles. The van der Waals surface area contributed by atoms with E-state index in [9.17, 15) is 4.79 Å². The molecule has 1 heterocycles. The zero-order valence-corrected chi connectivity index (χ0v) is 17.8. The maximum atomic E-state index is 12.7. The number of hydrogen-bond acceptors (Lipinski definition) is 5. The normalized spacial score (nSPS) is 18.5. The number of nitrogens with two attached hydrogens (primary N) is 1. The highest BCUT2D eigenvalue weighted by Gasteiger charge is 2.24. The summed E-state index contributed by atoms with van der Waals surface area (Å²) in [6.45, 7) is 2.83.